The Morgan fingerprint density at radius 2 is 2.39 bits per heavy atom. The highest BCUT2D eigenvalue weighted by Crippen LogP contribution is 2.19. The van der Waals surface area contributed by atoms with Gasteiger partial charge >= 0.3 is 0 Å². The molecule has 1 saturated heterocycles. The number of amides is 1. The summed E-state index contributed by atoms with van der Waals surface area (Å²) in [7, 11) is 0. The van der Waals surface area contributed by atoms with Crippen molar-refractivity contribution in [3.05, 3.63) is 28.1 Å². The van der Waals surface area contributed by atoms with E-state index in [9.17, 15) is 9.59 Å². The first-order chi connectivity index (χ1) is 11.1. The van der Waals surface area contributed by atoms with Crippen molar-refractivity contribution in [1.29, 1.82) is 0 Å². The zero-order chi connectivity index (χ0) is 16.4. The molecule has 0 saturated carbocycles. The zero-order valence-corrected chi connectivity index (χ0v) is 14.1. The number of carbonyl (C=O) groups is 1. The van der Waals surface area contributed by atoms with Gasteiger partial charge in [0.05, 0.1) is 11.7 Å². The van der Waals surface area contributed by atoms with Crippen LogP contribution in [0.2, 0.25) is 0 Å². The number of nitrogens with two attached hydrogens (primary N) is 1. The van der Waals surface area contributed by atoms with Crippen LogP contribution in [0.5, 0.6) is 0 Å². The highest BCUT2D eigenvalue weighted by atomic mass is 32.1. The van der Waals surface area contributed by atoms with Crippen LogP contribution in [0.25, 0.3) is 10.2 Å². The third kappa shape index (κ3) is 3.45. The number of carbonyl (C=O) groups excluding carboxylic acids is 1. The van der Waals surface area contributed by atoms with Gasteiger partial charge in [0.25, 0.3) is 5.56 Å². The first-order valence-corrected chi connectivity index (χ1v) is 8.90. The summed E-state index contributed by atoms with van der Waals surface area (Å²) in [6.07, 6.45) is 3.94. The van der Waals surface area contributed by atoms with E-state index in [0.717, 1.165) is 30.8 Å². The molecular formula is C16H22N4O2S. The molecule has 2 aromatic rings. The second-order valence-corrected chi connectivity index (χ2v) is 7.13. The van der Waals surface area contributed by atoms with Crippen molar-refractivity contribution in [3.8, 4) is 0 Å². The van der Waals surface area contributed by atoms with E-state index in [1.165, 1.54) is 22.2 Å². The summed E-state index contributed by atoms with van der Waals surface area (Å²) in [5.41, 5.74) is 5.89. The maximum atomic E-state index is 12.4. The van der Waals surface area contributed by atoms with E-state index in [1.807, 2.05) is 17.2 Å². The third-order valence-corrected chi connectivity index (χ3v) is 5.39. The van der Waals surface area contributed by atoms with Gasteiger partial charge in [-0.1, -0.05) is 0 Å². The molecule has 2 aromatic heterocycles. The smallest absolute Gasteiger partial charge is 0.262 e. The standard InChI is InChI=1S/C16H22N4O2S/c1-11(17)12-3-2-6-19(9-12)14(21)4-7-20-10-18-15-13(16(20)22)5-8-23-15/h5,8,10-12H,2-4,6-7,9,17H2,1H3. The lowest BCUT2D eigenvalue weighted by Crippen LogP contribution is -2.45. The molecule has 2 unspecified atom stereocenters. The molecule has 1 amide bonds. The minimum Gasteiger partial charge on any atom is -0.342 e. The van der Waals surface area contributed by atoms with Crippen molar-refractivity contribution in [3.63, 3.8) is 0 Å². The van der Waals surface area contributed by atoms with Gasteiger partial charge in [0, 0.05) is 32.1 Å². The van der Waals surface area contributed by atoms with Gasteiger partial charge in [-0.3, -0.25) is 14.2 Å². The van der Waals surface area contributed by atoms with Gasteiger partial charge in [-0.05, 0) is 37.1 Å². The van der Waals surface area contributed by atoms with Crippen LogP contribution >= 0.6 is 11.3 Å². The Kier molecular flexibility index (Phi) is 4.77. The largest absolute Gasteiger partial charge is 0.342 e. The van der Waals surface area contributed by atoms with Crippen LogP contribution < -0.4 is 11.3 Å². The molecule has 1 aliphatic rings. The molecule has 23 heavy (non-hydrogen) atoms. The molecule has 1 aliphatic heterocycles. The Balaban J connectivity index is 1.64. The summed E-state index contributed by atoms with van der Waals surface area (Å²) in [6.45, 7) is 3.89. The molecule has 3 rings (SSSR count). The molecule has 3 heterocycles. The van der Waals surface area contributed by atoms with E-state index in [1.54, 1.807) is 6.07 Å². The van der Waals surface area contributed by atoms with Gasteiger partial charge in [0.1, 0.15) is 4.83 Å². The maximum absolute atomic E-state index is 12.4. The molecule has 0 spiro atoms. The first kappa shape index (κ1) is 16.1. The van der Waals surface area contributed by atoms with Gasteiger partial charge in [-0.15, -0.1) is 11.3 Å². The summed E-state index contributed by atoms with van der Waals surface area (Å²) in [5, 5.41) is 2.48. The van der Waals surface area contributed by atoms with Crippen molar-refractivity contribution in [2.45, 2.75) is 38.8 Å². The molecule has 124 valence electrons. The monoisotopic (exact) mass is 334 g/mol. The number of piperidine rings is 1. The number of hydrogen-bond donors (Lipinski definition) is 1. The van der Waals surface area contributed by atoms with Crippen LogP contribution in [-0.4, -0.2) is 39.5 Å². The van der Waals surface area contributed by atoms with Gasteiger partial charge in [-0.25, -0.2) is 4.98 Å². The lowest BCUT2D eigenvalue weighted by atomic mass is 9.92. The molecule has 0 bridgehead atoms. The Bertz CT molecular complexity index is 752. The zero-order valence-electron chi connectivity index (χ0n) is 13.3. The third-order valence-electron chi connectivity index (χ3n) is 4.57. The number of aryl methyl sites for hydroxylation is 1. The number of fused-ring (bicyclic) bond motifs is 1. The summed E-state index contributed by atoms with van der Waals surface area (Å²) < 4.78 is 1.53. The molecule has 0 aliphatic carbocycles. The van der Waals surface area contributed by atoms with Crippen LogP contribution in [0.1, 0.15) is 26.2 Å². The molecular weight excluding hydrogens is 312 g/mol. The summed E-state index contributed by atoms with van der Waals surface area (Å²) >= 11 is 1.45. The highest BCUT2D eigenvalue weighted by molar-refractivity contribution is 7.16. The fraction of sp³-hybridized carbons (Fsp3) is 0.562. The quantitative estimate of drug-likeness (QED) is 0.917. The summed E-state index contributed by atoms with van der Waals surface area (Å²) in [5.74, 6) is 0.465. The molecule has 0 radical (unpaired) electrons. The van der Waals surface area contributed by atoms with Crippen molar-refractivity contribution in [2.75, 3.05) is 13.1 Å². The molecule has 2 N–H and O–H groups in total. The number of aromatic nitrogens is 2. The fourth-order valence-electron chi connectivity index (χ4n) is 3.09. The van der Waals surface area contributed by atoms with E-state index in [4.69, 9.17) is 5.73 Å². The minimum absolute atomic E-state index is 0.0730. The first-order valence-electron chi connectivity index (χ1n) is 8.02. The molecule has 1 fully saturated rings. The van der Waals surface area contributed by atoms with Crippen LogP contribution in [0.4, 0.5) is 0 Å². The van der Waals surface area contributed by atoms with Gasteiger partial charge < -0.3 is 10.6 Å². The lowest BCUT2D eigenvalue weighted by molar-refractivity contribution is -0.133. The van der Waals surface area contributed by atoms with Crippen LogP contribution in [-0.2, 0) is 11.3 Å². The second-order valence-electron chi connectivity index (χ2n) is 6.23. The predicted octanol–water partition coefficient (Wildman–Crippen LogP) is 1.43. The number of thiophene rings is 1. The minimum atomic E-state index is -0.0730. The Labute approximate surface area is 138 Å². The molecule has 7 heteroatoms. The summed E-state index contributed by atoms with van der Waals surface area (Å²) in [6, 6.07) is 1.89. The number of nitrogens with zero attached hydrogens (tertiary/aromatic N) is 3. The molecule has 2 atom stereocenters. The van der Waals surface area contributed by atoms with Crippen molar-refractivity contribution in [2.24, 2.45) is 11.7 Å². The Morgan fingerprint density at radius 3 is 3.17 bits per heavy atom. The van der Waals surface area contributed by atoms with Crippen LogP contribution in [0, 0.1) is 5.92 Å². The number of rotatable bonds is 4. The van der Waals surface area contributed by atoms with Gasteiger partial charge in [-0.2, -0.15) is 0 Å². The number of likely N-dealkylation sites (tertiary alicyclic amines) is 1. The summed E-state index contributed by atoms with van der Waals surface area (Å²) in [4.78, 5) is 31.6. The molecule has 0 aromatic carbocycles. The maximum Gasteiger partial charge on any atom is 0.262 e. The van der Waals surface area contributed by atoms with E-state index in [-0.39, 0.29) is 17.5 Å². The molecule has 6 nitrogen and oxygen atoms in total. The van der Waals surface area contributed by atoms with Gasteiger partial charge in [0.15, 0.2) is 0 Å². The van der Waals surface area contributed by atoms with Crippen LogP contribution in [0.3, 0.4) is 0 Å². The highest BCUT2D eigenvalue weighted by Gasteiger charge is 2.25. The topological polar surface area (TPSA) is 81.2 Å². The van der Waals surface area contributed by atoms with Crippen molar-refractivity contribution < 1.29 is 4.79 Å². The SMILES string of the molecule is CC(N)C1CCCN(C(=O)CCn2cnc3sccc3c2=O)C1. The van der Waals surface area contributed by atoms with Crippen LogP contribution in [0.15, 0.2) is 22.6 Å². The second kappa shape index (κ2) is 6.80. The average Bonchev–Trinajstić information content (AvgIpc) is 3.03. The van der Waals surface area contributed by atoms with Gasteiger partial charge in [0.2, 0.25) is 5.91 Å². The van der Waals surface area contributed by atoms with E-state index < -0.39 is 0 Å². The van der Waals surface area contributed by atoms with E-state index in [0.29, 0.717) is 24.3 Å². The average molecular weight is 334 g/mol. The Hall–Kier alpha value is -1.73. The predicted molar refractivity (Wildman–Crippen MR) is 91.5 cm³/mol. The van der Waals surface area contributed by atoms with E-state index >= 15 is 0 Å². The fourth-order valence-corrected chi connectivity index (χ4v) is 3.82. The van der Waals surface area contributed by atoms with Crippen molar-refractivity contribution >= 4 is 27.5 Å². The van der Waals surface area contributed by atoms with Crippen molar-refractivity contribution in [1.82, 2.24) is 14.5 Å². The lowest BCUT2D eigenvalue weighted by Gasteiger charge is -2.34. The Morgan fingerprint density at radius 1 is 1.57 bits per heavy atom. The normalized spacial score (nSPS) is 19.9. The number of hydrogen-bond acceptors (Lipinski definition) is 5. The van der Waals surface area contributed by atoms with E-state index in [2.05, 4.69) is 4.98 Å².